The van der Waals surface area contributed by atoms with Crippen LogP contribution in [0.15, 0.2) is 180 Å². The number of fused-ring (bicyclic) bond motifs is 6. The fraction of sp³-hybridized carbons (Fsp3) is 0. The molecule has 0 saturated heterocycles. The summed E-state index contributed by atoms with van der Waals surface area (Å²) in [5, 5.41) is 6.60. The van der Waals surface area contributed by atoms with Crippen molar-refractivity contribution >= 4 is 43.5 Å². The molecule has 0 bridgehead atoms. The lowest BCUT2D eigenvalue weighted by molar-refractivity contribution is 0.669. The molecule has 0 unspecified atom stereocenters. The van der Waals surface area contributed by atoms with Crippen molar-refractivity contribution in [1.29, 1.82) is 0 Å². The Kier molecular flexibility index (Phi) is 6.78. The molecule has 10 rings (SSSR count). The van der Waals surface area contributed by atoms with Crippen LogP contribution in [0.2, 0.25) is 0 Å². The number of hydrogen-bond donors (Lipinski definition) is 0. The van der Waals surface area contributed by atoms with Gasteiger partial charge in [0, 0.05) is 32.8 Å². The predicted octanol–water partition coefficient (Wildman–Crippen LogP) is 12.4. The van der Waals surface area contributed by atoms with Gasteiger partial charge in [-0.3, -0.25) is 0 Å². The first-order valence-electron chi connectivity index (χ1n) is 17.1. The first-order chi connectivity index (χ1) is 25.3. The first kappa shape index (κ1) is 29.0. The van der Waals surface area contributed by atoms with Gasteiger partial charge < -0.3 is 4.42 Å². The summed E-state index contributed by atoms with van der Waals surface area (Å²) in [6.07, 6.45) is 0. The maximum atomic E-state index is 6.29. The van der Waals surface area contributed by atoms with E-state index in [-0.39, 0.29) is 0 Å². The third kappa shape index (κ3) is 4.96. The Morgan fingerprint density at radius 1 is 0.294 bits per heavy atom. The number of hydrogen-bond acceptors (Lipinski definition) is 4. The molecule has 4 heteroatoms. The fourth-order valence-corrected chi connectivity index (χ4v) is 7.33. The van der Waals surface area contributed by atoms with Gasteiger partial charge in [0.15, 0.2) is 17.5 Å². The van der Waals surface area contributed by atoms with Crippen molar-refractivity contribution in [2.45, 2.75) is 0 Å². The molecule has 2 aromatic heterocycles. The van der Waals surface area contributed by atoms with Gasteiger partial charge in [0.1, 0.15) is 11.2 Å². The van der Waals surface area contributed by atoms with E-state index >= 15 is 0 Å². The van der Waals surface area contributed by atoms with Gasteiger partial charge in [-0.05, 0) is 56.6 Å². The van der Waals surface area contributed by atoms with Gasteiger partial charge in [-0.25, -0.2) is 15.0 Å². The van der Waals surface area contributed by atoms with Crippen LogP contribution < -0.4 is 0 Å². The molecule has 238 valence electrons. The maximum absolute atomic E-state index is 6.29. The second-order valence-electron chi connectivity index (χ2n) is 12.8. The summed E-state index contributed by atoms with van der Waals surface area (Å²) in [5.41, 5.74) is 9.04. The number of furan rings is 1. The van der Waals surface area contributed by atoms with Crippen LogP contribution in [0.25, 0.3) is 99.9 Å². The highest BCUT2D eigenvalue weighted by molar-refractivity contribution is 6.18. The second kappa shape index (κ2) is 11.9. The van der Waals surface area contributed by atoms with Crippen LogP contribution in [0, 0.1) is 0 Å². The first-order valence-corrected chi connectivity index (χ1v) is 17.1. The Morgan fingerprint density at radius 3 is 1.65 bits per heavy atom. The topological polar surface area (TPSA) is 51.8 Å². The summed E-state index contributed by atoms with van der Waals surface area (Å²) < 4.78 is 6.29. The third-order valence-corrected chi connectivity index (χ3v) is 9.76. The van der Waals surface area contributed by atoms with Crippen LogP contribution in [0.3, 0.4) is 0 Å². The van der Waals surface area contributed by atoms with E-state index < -0.39 is 0 Å². The zero-order valence-electron chi connectivity index (χ0n) is 27.5. The normalized spacial score (nSPS) is 11.5. The zero-order valence-corrected chi connectivity index (χ0v) is 27.5. The van der Waals surface area contributed by atoms with Crippen molar-refractivity contribution in [3.05, 3.63) is 176 Å². The van der Waals surface area contributed by atoms with Crippen molar-refractivity contribution in [2.75, 3.05) is 0 Å². The van der Waals surface area contributed by atoms with Crippen LogP contribution >= 0.6 is 0 Å². The molecular formula is C47H29N3O. The molecule has 0 N–H and O–H groups in total. The van der Waals surface area contributed by atoms with Crippen LogP contribution in [-0.2, 0) is 0 Å². The summed E-state index contributed by atoms with van der Waals surface area (Å²) in [4.78, 5) is 15.7. The predicted molar refractivity (Wildman–Crippen MR) is 209 cm³/mol. The van der Waals surface area contributed by atoms with Crippen LogP contribution in [0.4, 0.5) is 0 Å². The van der Waals surface area contributed by atoms with Crippen molar-refractivity contribution < 1.29 is 4.42 Å². The molecule has 0 spiro atoms. The summed E-state index contributed by atoms with van der Waals surface area (Å²) in [5.74, 6) is 1.83. The summed E-state index contributed by atoms with van der Waals surface area (Å²) in [6, 6.07) is 61.0. The van der Waals surface area contributed by atoms with Crippen LogP contribution in [0.5, 0.6) is 0 Å². The van der Waals surface area contributed by atoms with E-state index in [1.54, 1.807) is 0 Å². The van der Waals surface area contributed by atoms with Crippen molar-refractivity contribution in [3.63, 3.8) is 0 Å². The maximum Gasteiger partial charge on any atom is 0.164 e. The summed E-state index contributed by atoms with van der Waals surface area (Å²) in [6.45, 7) is 0. The van der Waals surface area contributed by atoms with Crippen LogP contribution in [-0.4, -0.2) is 15.0 Å². The van der Waals surface area contributed by atoms with E-state index in [0.717, 1.165) is 71.3 Å². The Balaban J connectivity index is 1.25. The Labute approximate surface area is 294 Å². The number of benzene rings is 8. The van der Waals surface area contributed by atoms with E-state index in [4.69, 9.17) is 19.4 Å². The molecule has 4 nitrogen and oxygen atoms in total. The van der Waals surface area contributed by atoms with Gasteiger partial charge in [-0.1, -0.05) is 158 Å². The SMILES string of the molecule is c1ccc(-c2ccc(-c3nc(-c4cccc5oc6ccccc6c45)nc(-c4ccc(-c5ccccc5)c5ccc6ccccc6c45)n3)cc2)cc1. The Morgan fingerprint density at radius 2 is 0.863 bits per heavy atom. The molecule has 0 radical (unpaired) electrons. The van der Waals surface area contributed by atoms with Crippen LogP contribution in [0.1, 0.15) is 0 Å². The van der Waals surface area contributed by atoms with Gasteiger partial charge in [0.25, 0.3) is 0 Å². The summed E-state index contributed by atoms with van der Waals surface area (Å²) in [7, 11) is 0. The third-order valence-electron chi connectivity index (χ3n) is 9.76. The molecular weight excluding hydrogens is 623 g/mol. The molecule has 10 aromatic rings. The highest BCUT2D eigenvalue weighted by Gasteiger charge is 2.20. The van der Waals surface area contributed by atoms with E-state index in [2.05, 4.69) is 140 Å². The minimum atomic E-state index is 0.597. The number of aromatic nitrogens is 3. The highest BCUT2D eigenvalue weighted by Crippen LogP contribution is 2.41. The number of rotatable bonds is 5. The average molecular weight is 652 g/mol. The lowest BCUT2D eigenvalue weighted by Crippen LogP contribution is -2.01. The van der Waals surface area contributed by atoms with E-state index in [1.807, 2.05) is 36.4 Å². The monoisotopic (exact) mass is 651 g/mol. The van der Waals surface area contributed by atoms with E-state index in [9.17, 15) is 0 Å². The zero-order chi connectivity index (χ0) is 33.7. The minimum absolute atomic E-state index is 0.597. The minimum Gasteiger partial charge on any atom is -0.456 e. The molecule has 0 fully saturated rings. The molecule has 8 aromatic carbocycles. The molecule has 0 atom stereocenters. The Hall–Kier alpha value is -6.91. The largest absolute Gasteiger partial charge is 0.456 e. The molecule has 0 aliphatic rings. The van der Waals surface area contributed by atoms with Gasteiger partial charge in [-0.15, -0.1) is 0 Å². The average Bonchev–Trinajstić information content (AvgIpc) is 3.60. The van der Waals surface area contributed by atoms with Gasteiger partial charge in [-0.2, -0.15) is 0 Å². The Bertz CT molecular complexity index is 2900. The standard InChI is InChI=1S/C47H29N3O/c1-3-12-30(13-4-1)31-22-24-34(25-23-31)45-48-46(39-19-11-21-42-44(39)38-18-9-10-20-41(38)51-42)50-47(49-45)40-29-28-35(32-14-5-2-6-15-32)37-27-26-33-16-7-8-17-36(33)43(37)40/h1-29H. The van der Waals surface area contributed by atoms with Crippen molar-refractivity contribution in [3.8, 4) is 56.4 Å². The van der Waals surface area contributed by atoms with Crippen molar-refractivity contribution in [2.24, 2.45) is 0 Å². The second-order valence-corrected chi connectivity index (χ2v) is 12.8. The molecule has 0 aliphatic heterocycles. The highest BCUT2D eigenvalue weighted by atomic mass is 16.3. The quantitative estimate of drug-likeness (QED) is 0.174. The lowest BCUT2D eigenvalue weighted by atomic mass is 9.91. The molecule has 0 amide bonds. The number of nitrogens with zero attached hydrogens (tertiary/aromatic N) is 3. The smallest absolute Gasteiger partial charge is 0.164 e. The summed E-state index contributed by atoms with van der Waals surface area (Å²) >= 11 is 0. The van der Waals surface area contributed by atoms with E-state index in [1.165, 1.54) is 11.1 Å². The number of para-hydroxylation sites is 1. The van der Waals surface area contributed by atoms with Gasteiger partial charge >= 0.3 is 0 Å². The molecule has 51 heavy (non-hydrogen) atoms. The fourth-order valence-electron chi connectivity index (χ4n) is 7.33. The molecule has 2 heterocycles. The van der Waals surface area contributed by atoms with Gasteiger partial charge in [0.2, 0.25) is 0 Å². The lowest BCUT2D eigenvalue weighted by Gasteiger charge is -2.15. The van der Waals surface area contributed by atoms with Crippen molar-refractivity contribution in [1.82, 2.24) is 15.0 Å². The van der Waals surface area contributed by atoms with E-state index in [0.29, 0.717) is 17.5 Å². The molecule has 0 aliphatic carbocycles. The molecule has 0 saturated carbocycles. The van der Waals surface area contributed by atoms with Gasteiger partial charge in [0.05, 0.1) is 0 Å².